The maximum Gasteiger partial charge on any atom is 0.0726 e. The summed E-state index contributed by atoms with van der Waals surface area (Å²) < 4.78 is 7.02. The topological polar surface area (TPSA) is 21.3 Å². The Labute approximate surface area is 117 Å². The third-order valence-corrected chi connectivity index (χ3v) is 4.94. The molecule has 2 nitrogen and oxygen atoms in total. The molecule has 1 aromatic carbocycles. The van der Waals surface area contributed by atoms with Gasteiger partial charge >= 0.3 is 0 Å². The number of fused-ring (bicyclic) bond motifs is 1. The number of hydrogen-bond acceptors (Lipinski definition) is 2. The Morgan fingerprint density at radius 3 is 3.06 bits per heavy atom. The molecule has 1 aliphatic heterocycles. The summed E-state index contributed by atoms with van der Waals surface area (Å²) in [5.74, 6) is 0. The van der Waals surface area contributed by atoms with E-state index in [2.05, 4.69) is 46.4 Å². The summed E-state index contributed by atoms with van der Waals surface area (Å²) >= 11 is 3.65. The first kappa shape index (κ1) is 12.6. The number of rotatable bonds is 3. The summed E-state index contributed by atoms with van der Waals surface area (Å²) in [4.78, 5) is 0. The van der Waals surface area contributed by atoms with E-state index in [0.717, 1.165) is 6.61 Å². The van der Waals surface area contributed by atoms with Crippen LogP contribution in [-0.2, 0) is 11.2 Å². The first-order valence-electron chi connectivity index (χ1n) is 6.90. The SMILES string of the molecule is CC(NC1CCc2c(Br)cccc21)C1CCCO1. The molecule has 1 heterocycles. The molecule has 0 saturated carbocycles. The van der Waals surface area contributed by atoms with Crippen molar-refractivity contribution in [2.45, 2.75) is 50.8 Å². The lowest BCUT2D eigenvalue weighted by Gasteiger charge is -2.24. The van der Waals surface area contributed by atoms with Crippen molar-refractivity contribution in [1.82, 2.24) is 5.32 Å². The lowest BCUT2D eigenvalue weighted by Crippen LogP contribution is -2.38. The van der Waals surface area contributed by atoms with Gasteiger partial charge < -0.3 is 10.1 Å². The van der Waals surface area contributed by atoms with Gasteiger partial charge in [-0.15, -0.1) is 0 Å². The molecule has 2 aliphatic rings. The van der Waals surface area contributed by atoms with Crippen LogP contribution in [0.4, 0.5) is 0 Å². The zero-order valence-corrected chi connectivity index (χ0v) is 12.4. The number of ether oxygens (including phenoxy) is 1. The van der Waals surface area contributed by atoms with Crippen molar-refractivity contribution in [3.05, 3.63) is 33.8 Å². The molecule has 3 rings (SSSR count). The lowest BCUT2D eigenvalue weighted by molar-refractivity contribution is 0.0797. The molecule has 1 fully saturated rings. The molecule has 3 atom stereocenters. The average Bonchev–Trinajstić information content (AvgIpc) is 2.99. The standard InChI is InChI=1S/C15H20BrNO/c1-10(15-6-3-9-18-15)17-14-8-7-11-12(14)4-2-5-13(11)16/h2,4-5,10,14-15,17H,3,6-9H2,1H3. The van der Waals surface area contributed by atoms with Gasteiger partial charge in [0.1, 0.15) is 0 Å². The molecule has 98 valence electrons. The van der Waals surface area contributed by atoms with Gasteiger partial charge in [-0.05, 0) is 49.8 Å². The molecule has 0 amide bonds. The number of nitrogens with one attached hydrogen (secondary N) is 1. The maximum absolute atomic E-state index is 5.76. The van der Waals surface area contributed by atoms with E-state index in [4.69, 9.17) is 4.74 Å². The molecule has 3 heteroatoms. The average molecular weight is 310 g/mol. The Morgan fingerprint density at radius 2 is 2.28 bits per heavy atom. The van der Waals surface area contributed by atoms with Gasteiger partial charge in [-0.3, -0.25) is 0 Å². The monoisotopic (exact) mass is 309 g/mol. The second-order valence-electron chi connectivity index (χ2n) is 5.41. The van der Waals surface area contributed by atoms with Crippen LogP contribution in [-0.4, -0.2) is 18.8 Å². The Morgan fingerprint density at radius 1 is 1.39 bits per heavy atom. The molecule has 0 spiro atoms. The second-order valence-corrected chi connectivity index (χ2v) is 6.26. The normalized spacial score (nSPS) is 28.3. The summed E-state index contributed by atoms with van der Waals surface area (Å²) in [6.07, 6.45) is 5.19. The van der Waals surface area contributed by atoms with Crippen LogP contribution < -0.4 is 5.32 Å². The zero-order valence-electron chi connectivity index (χ0n) is 10.8. The Balaban J connectivity index is 1.70. The van der Waals surface area contributed by atoms with Gasteiger partial charge in [-0.1, -0.05) is 28.1 Å². The fraction of sp³-hybridized carbons (Fsp3) is 0.600. The molecule has 1 N–H and O–H groups in total. The molecule has 18 heavy (non-hydrogen) atoms. The summed E-state index contributed by atoms with van der Waals surface area (Å²) in [5, 5.41) is 3.76. The third kappa shape index (κ3) is 2.36. The van der Waals surface area contributed by atoms with Crippen LogP contribution >= 0.6 is 15.9 Å². The van der Waals surface area contributed by atoms with Gasteiger partial charge in [0.2, 0.25) is 0 Å². The predicted octanol–water partition coefficient (Wildman–Crippen LogP) is 3.59. The molecule has 1 aliphatic carbocycles. The first-order chi connectivity index (χ1) is 8.75. The summed E-state index contributed by atoms with van der Waals surface area (Å²) in [6.45, 7) is 3.19. The molecule has 0 bridgehead atoms. The van der Waals surface area contributed by atoms with Crippen LogP contribution in [0, 0.1) is 0 Å². The minimum absolute atomic E-state index is 0.404. The Bertz CT molecular complexity index is 429. The number of hydrogen-bond donors (Lipinski definition) is 1. The van der Waals surface area contributed by atoms with E-state index in [-0.39, 0.29) is 0 Å². The molecule has 0 aromatic heterocycles. The summed E-state index contributed by atoms with van der Waals surface area (Å²) in [7, 11) is 0. The van der Waals surface area contributed by atoms with Gasteiger partial charge in [0.05, 0.1) is 6.10 Å². The smallest absolute Gasteiger partial charge is 0.0726 e. The quantitative estimate of drug-likeness (QED) is 0.921. The highest BCUT2D eigenvalue weighted by molar-refractivity contribution is 9.10. The summed E-state index contributed by atoms with van der Waals surface area (Å²) in [5.41, 5.74) is 2.95. The van der Waals surface area contributed by atoms with Crippen LogP contribution in [0.1, 0.15) is 43.4 Å². The van der Waals surface area contributed by atoms with Crippen LogP contribution in [0.25, 0.3) is 0 Å². The van der Waals surface area contributed by atoms with Crippen molar-refractivity contribution >= 4 is 15.9 Å². The summed E-state index contributed by atoms with van der Waals surface area (Å²) in [6, 6.07) is 7.48. The fourth-order valence-electron chi connectivity index (χ4n) is 3.20. The third-order valence-electron chi connectivity index (χ3n) is 4.20. The highest BCUT2D eigenvalue weighted by Gasteiger charge is 2.29. The van der Waals surface area contributed by atoms with Crippen molar-refractivity contribution in [3.8, 4) is 0 Å². The molecule has 0 radical (unpaired) electrons. The zero-order chi connectivity index (χ0) is 12.5. The molecular formula is C15H20BrNO. The minimum atomic E-state index is 0.404. The Hall–Kier alpha value is -0.380. The highest BCUT2D eigenvalue weighted by atomic mass is 79.9. The largest absolute Gasteiger partial charge is 0.377 e. The van der Waals surface area contributed by atoms with Crippen LogP contribution in [0.3, 0.4) is 0 Å². The van der Waals surface area contributed by atoms with Crippen molar-refractivity contribution in [3.63, 3.8) is 0 Å². The number of benzene rings is 1. The molecule has 3 unspecified atom stereocenters. The van der Waals surface area contributed by atoms with E-state index in [9.17, 15) is 0 Å². The van der Waals surface area contributed by atoms with Crippen LogP contribution in [0.2, 0.25) is 0 Å². The van der Waals surface area contributed by atoms with Gasteiger partial charge in [-0.25, -0.2) is 0 Å². The maximum atomic E-state index is 5.76. The second kappa shape index (κ2) is 5.32. The number of halogens is 1. The Kier molecular flexibility index (Phi) is 3.73. The van der Waals surface area contributed by atoms with E-state index in [1.165, 1.54) is 41.3 Å². The van der Waals surface area contributed by atoms with Crippen molar-refractivity contribution < 1.29 is 4.74 Å². The molecule has 1 aromatic rings. The van der Waals surface area contributed by atoms with Crippen molar-refractivity contribution in [1.29, 1.82) is 0 Å². The van der Waals surface area contributed by atoms with Gasteiger partial charge in [-0.2, -0.15) is 0 Å². The van der Waals surface area contributed by atoms with E-state index in [1.54, 1.807) is 0 Å². The molecular weight excluding hydrogens is 290 g/mol. The van der Waals surface area contributed by atoms with Gasteiger partial charge in [0.25, 0.3) is 0 Å². The van der Waals surface area contributed by atoms with E-state index in [1.807, 2.05) is 0 Å². The predicted molar refractivity (Wildman–Crippen MR) is 76.8 cm³/mol. The minimum Gasteiger partial charge on any atom is -0.377 e. The van der Waals surface area contributed by atoms with E-state index in [0.29, 0.717) is 18.2 Å². The van der Waals surface area contributed by atoms with E-state index >= 15 is 0 Å². The van der Waals surface area contributed by atoms with Crippen LogP contribution in [0.15, 0.2) is 22.7 Å². The lowest BCUT2D eigenvalue weighted by atomic mass is 10.0. The van der Waals surface area contributed by atoms with Crippen molar-refractivity contribution in [2.75, 3.05) is 6.61 Å². The van der Waals surface area contributed by atoms with E-state index < -0.39 is 0 Å². The van der Waals surface area contributed by atoms with Crippen molar-refractivity contribution in [2.24, 2.45) is 0 Å². The first-order valence-corrected chi connectivity index (χ1v) is 7.70. The van der Waals surface area contributed by atoms with Gasteiger partial charge in [0.15, 0.2) is 0 Å². The molecule has 1 saturated heterocycles. The fourth-order valence-corrected chi connectivity index (χ4v) is 3.78. The highest BCUT2D eigenvalue weighted by Crippen LogP contribution is 2.36. The van der Waals surface area contributed by atoms with Crippen LogP contribution in [0.5, 0.6) is 0 Å². The van der Waals surface area contributed by atoms with Gasteiger partial charge in [0, 0.05) is 23.2 Å².